The molecule has 0 fully saturated rings. The molecule has 0 saturated carbocycles. The maximum absolute atomic E-state index is 11.3. The lowest BCUT2D eigenvalue weighted by Crippen LogP contribution is -1.89. The molecule has 0 radical (unpaired) electrons. The van der Waals surface area contributed by atoms with Crippen LogP contribution in [0, 0.1) is 0 Å². The number of hydrogen-bond acceptors (Lipinski definition) is 5. The van der Waals surface area contributed by atoms with Gasteiger partial charge in [0, 0.05) is 5.56 Å². The Morgan fingerprint density at radius 3 is 1.41 bits per heavy atom. The van der Waals surface area contributed by atoms with E-state index in [9.17, 15) is 4.79 Å². The molecule has 3 rings (SSSR count). The van der Waals surface area contributed by atoms with E-state index in [0.717, 1.165) is 23.5 Å². The molecule has 0 aromatic heterocycles. The molecule has 0 heterocycles. The Balaban J connectivity index is 1.59. The largest absolute Gasteiger partial charge is 0.295 e. The van der Waals surface area contributed by atoms with E-state index in [1.165, 1.54) is 25.3 Å². The van der Waals surface area contributed by atoms with Gasteiger partial charge in [-0.2, -0.15) is 20.5 Å². The molecule has 5 heteroatoms. The molecule has 0 aliphatic rings. The Bertz CT molecular complexity index is 989. The third-order valence-electron chi connectivity index (χ3n) is 4.44. The van der Waals surface area contributed by atoms with Crippen LogP contribution in [0.15, 0.2) is 93.3 Å². The summed E-state index contributed by atoms with van der Waals surface area (Å²) in [5.41, 5.74) is 5.00. The average molecular weight is 384 g/mol. The molecule has 29 heavy (non-hydrogen) atoms. The van der Waals surface area contributed by atoms with Crippen molar-refractivity contribution in [3.05, 3.63) is 83.9 Å². The van der Waals surface area contributed by atoms with Crippen molar-refractivity contribution in [3.63, 3.8) is 0 Å². The Morgan fingerprint density at radius 2 is 1.03 bits per heavy atom. The molecule has 0 spiro atoms. The SMILES string of the molecule is CCCCc1ccc(N=Nc2ccc(N=Nc3ccc(C(C)=O)cc3)cc2)cc1. The van der Waals surface area contributed by atoms with E-state index in [1.807, 2.05) is 36.4 Å². The summed E-state index contributed by atoms with van der Waals surface area (Å²) in [6, 6.07) is 22.6. The molecule has 0 atom stereocenters. The first-order chi connectivity index (χ1) is 14.1. The van der Waals surface area contributed by atoms with Gasteiger partial charge >= 0.3 is 0 Å². The number of carbonyl (C=O) groups is 1. The lowest BCUT2D eigenvalue weighted by atomic mass is 10.1. The molecular formula is C24H24N4O. The number of rotatable bonds is 8. The number of benzene rings is 3. The first-order valence-corrected chi connectivity index (χ1v) is 9.77. The van der Waals surface area contributed by atoms with Crippen LogP contribution in [0.4, 0.5) is 22.7 Å². The van der Waals surface area contributed by atoms with Crippen molar-refractivity contribution in [2.75, 3.05) is 0 Å². The van der Waals surface area contributed by atoms with Gasteiger partial charge in [0.15, 0.2) is 5.78 Å². The van der Waals surface area contributed by atoms with Crippen molar-refractivity contribution in [2.24, 2.45) is 20.5 Å². The highest BCUT2D eigenvalue weighted by atomic mass is 16.1. The van der Waals surface area contributed by atoms with Crippen LogP contribution in [-0.4, -0.2) is 5.78 Å². The van der Waals surface area contributed by atoms with Crippen molar-refractivity contribution in [2.45, 2.75) is 33.1 Å². The summed E-state index contributed by atoms with van der Waals surface area (Å²) in [5.74, 6) is 0.0330. The molecule has 0 aliphatic heterocycles. The number of aryl methyl sites for hydroxylation is 1. The van der Waals surface area contributed by atoms with Gasteiger partial charge in [0.1, 0.15) is 0 Å². The van der Waals surface area contributed by atoms with Crippen LogP contribution < -0.4 is 0 Å². The second-order valence-electron chi connectivity index (χ2n) is 6.79. The van der Waals surface area contributed by atoms with Crippen molar-refractivity contribution < 1.29 is 4.79 Å². The van der Waals surface area contributed by atoms with Crippen LogP contribution in [0.3, 0.4) is 0 Å². The summed E-state index contributed by atoms with van der Waals surface area (Å²) in [7, 11) is 0. The molecule has 0 N–H and O–H groups in total. The molecule has 0 amide bonds. The number of unbranched alkanes of at least 4 members (excludes halogenated alkanes) is 1. The van der Waals surface area contributed by atoms with Crippen LogP contribution in [0.25, 0.3) is 0 Å². The van der Waals surface area contributed by atoms with Gasteiger partial charge in [-0.3, -0.25) is 4.79 Å². The Kier molecular flexibility index (Phi) is 7.11. The molecule has 3 aromatic carbocycles. The fraction of sp³-hybridized carbons (Fsp3) is 0.208. The quantitative estimate of drug-likeness (QED) is 0.286. The van der Waals surface area contributed by atoms with E-state index in [-0.39, 0.29) is 5.78 Å². The molecule has 0 bridgehead atoms. The molecule has 5 nitrogen and oxygen atoms in total. The molecule has 0 saturated heterocycles. The second kappa shape index (κ2) is 10.2. The van der Waals surface area contributed by atoms with Gasteiger partial charge in [0.2, 0.25) is 0 Å². The summed E-state index contributed by atoms with van der Waals surface area (Å²) >= 11 is 0. The van der Waals surface area contributed by atoms with Gasteiger partial charge in [-0.05, 0) is 86.0 Å². The van der Waals surface area contributed by atoms with Crippen molar-refractivity contribution in [3.8, 4) is 0 Å². The van der Waals surface area contributed by atoms with Crippen LogP contribution >= 0.6 is 0 Å². The topological polar surface area (TPSA) is 66.5 Å². The highest BCUT2D eigenvalue weighted by Gasteiger charge is 1.99. The highest BCUT2D eigenvalue weighted by molar-refractivity contribution is 5.94. The van der Waals surface area contributed by atoms with Crippen molar-refractivity contribution in [1.29, 1.82) is 0 Å². The molecule has 0 aliphatic carbocycles. The Hall–Kier alpha value is -3.47. The summed E-state index contributed by atoms with van der Waals surface area (Å²) in [5, 5.41) is 17.0. The van der Waals surface area contributed by atoms with E-state index in [4.69, 9.17) is 0 Å². The Labute approximate surface area is 171 Å². The second-order valence-corrected chi connectivity index (χ2v) is 6.79. The number of azo groups is 2. The van der Waals surface area contributed by atoms with Gasteiger partial charge < -0.3 is 0 Å². The average Bonchev–Trinajstić information content (AvgIpc) is 2.76. The minimum atomic E-state index is 0.0330. The third kappa shape index (κ3) is 6.28. The normalized spacial score (nSPS) is 11.4. The molecular weight excluding hydrogens is 360 g/mol. The lowest BCUT2D eigenvalue weighted by Gasteiger charge is -2.00. The van der Waals surface area contributed by atoms with E-state index in [2.05, 4.69) is 39.5 Å². The van der Waals surface area contributed by atoms with Gasteiger partial charge in [0.25, 0.3) is 0 Å². The molecule has 146 valence electrons. The zero-order valence-corrected chi connectivity index (χ0v) is 16.7. The molecule has 3 aromatic rings. The first kappa shape index (κ1) is 20.3. The van der Waals surface area contributed by atoms with Gasteiger partial charge in [-0.1, -0.05) is 25.5 Å². The fourth-order valence-corrected chi connectivity index (χ4v) is 2.69. The van der Waals surface area contributed by atoms with E-state index in [0.29, 0.717) is 11.3 Å². The summed E-state index contributed by atoms with van der Waals surface area (Å²) < 4.78 is 0. The minimum Gasteiger partial charge on any atom is -0.295 e. The number of Topliss-reactive ketones (excluding diaryl/α,β-unsaturated/α-hetero) is 1. The number of nitrogens with zero attached hydrogens (tertiary/aromatic N) is 4. The predicted octanol–water partition coefficient (Wildman–Crippen LogP) is 8.06. The molecule has 0 unspecified atom stereocenters. The van der Waals surface area contributed by atoms with E-state index in [1.54, 1.807) is 24.3 Å². The summed E-state index contributed by atoms with van der Waals surface area (Å²) in [6.07, 6.45) is 3.50. The van der Waals surface area contributed by atoms with Gasteiger partial charge in [-0.15, -0.1) is 0 Å². The minimum absolute atomic E-state index is 0.0330. The predicted molar refractivity (Wildman–Crippen MR) is 116 cm³/mol. The van der Waals surface area contributed by atoms with Gasteiger partial charge in [-0.25, -0.2) is 0 Å². The van der Waals surface area contributed by atoms with E-state index >= 15 is 0 Å². The summed E-state index contributed by atoms with van der Waals surface area (Å²) in [4.78, 5) is 11.3. The maximum Gasteiger partial charge on any atom is 0.159 e. The Morgan fingerprint density at radius 1 is 0.655 bits per heavy atom. The number of hydrogen-bond donors (Lipinski definition) is 0. The smallest absolute Gasteiger partial charge is 0.159 e. The first-order valence-electron chi connectivity index (χ1n) is 9.77. The standard InChI is InChI=1S/C24H24N4O/c1-3-4-5-19-6-10-21(11-7-19)25-27-23-14-16-24(17-15-23)28-26-22-12-8-20(9-13-22)18(2)29/h6-17H,3-5H2,1-2H3. The lowest BCUT2D eigenvalue weighted by molar-refractivity contribution is 0.101. The van der Waals surface area contributed by atoms with Crippen LogP contribution in [0.1, 0.15) is 42.6 Å². The monoisotopic (exact) mass is 384 g/mol. The van der Waals surface area contributed by atoms with Crippen LogP contribution in [0.2, 0.25) is 0 Å². The van der Waals surface area contributed by atoms with Crippen LogP contribution in [-0.2, 0) is 6.42 Å². The van der Waals surface area contributed by atoms with Crippen LogP contribution in [0.5, 0.6) is 0 Å². The van der Waals surface area contributed by atoms with E-state index < -0.39 is 0 Å². The van der Waals surface area contributed by atoms with Crippen molar-refractivity contribution in [1.82, 2.24) is 0 Å². The van der Waals surface area contributed by atoms with Gasteiger partial charge in [0.05, 0.1) is 22.7 Å². The third-order valence-corrected chi connectivity index (χ3v) is 4.44. The fourth-order valence-electron chi connectivity index (χ4n) is 2.69. The number of carbonyl (C=O) groups excluding carboxylic acids is 1. The highest BCUT2D eigenvalue weighted by Crippen LogP contribution is 2.24. The summed E-state index contributed by atoms with van der Waals surface area (Å²) in [6.45, 7) is 3.74. The number of ketones is 1. The maximum atomic E-state index is 11.3. The zero-order chi connectivity index (χ0) is 20.5. The zero-order valence-electron chi connectivity index (χ0n) is 16.7. The van der Waals surface area contributed by atoms with Crippen molar-refractivity contribution >= 4 is 28.5 Å².